The summed E-state index contributed by atoms with van der Waals surface area (Å²) < 4.78 is 5.89. The van der Waals surface area contributed by atoms with Crippen LogP contribution in [0.4, 0.5) is 5.69 Å². The van der Waals surface area contributed by atoms with E-state index in [0.29, 0.717) is 23.8 Å². The highest BCUT2D eigenvalue weighted by atomic mass is 16.5. The molecule has 194 valence electrons. The minimum atomic E-state index is 0.0326. The molecule has 1 aliphatic heterocycles. The van der Waals surface area contributed by atoms with Gasteiger partial charge in [-0.3, -0.25) is 9.59 Å². The molecule has 3 fully saturated rings. The van der Waals surface area contributed by atoms with Crippen molar-refractivity contribution in [2.75, 3.05) is 12.4 Å². The fourth-order valence-corrected chi connectivity index (χ4v) is 8.63. The highest BCUT2D eigenvalue weighted by Gasteiger charge is 2.61. The lowest BCUT2D eigenvalue weighted by Gasteiger charge is -2.60. The van der Waals surface area contributed by atoms with E-state index in [1.165, 1.54) is 0 Å². The standard InChI is InChI=1S/C32H38N2O3/c1-31-19-17-26-24(13-16-28-32(26,2)20-18-29(35)34(28)3)25(31)14-15-27(31)30(36)33-21-9-11-23(12-10-21)37-22-7-5-4-6-8-22/h4-12,18,20,24-28H,13-17,19H2,1-3H3,(H,33,36)/t24-,25-,26-,27+,28+,31-,32+/m0/s1. The number of hydrogen-bond acceptors (Lipinski definition) is 3. The Hall–Kier alpha value is -3.08. The van der Waals surface area contributed by atoms with Crippen molar-refractivity contribution in [1.29, 1.82) is 0 Å². The molecular formula is C32H38N2O3. The van der Waals surface area contributed by atoms with Crippen LogP contribution >= 0.6 is 0 Å². The zero-order valence-corrected chi connectivity index (χ0v) is 22.2. The fourth-order valence-electron chi connectivity index (χ4n) is 8.63. The van der Waals surface area contributed by atoms with Gasteiger partial charge < -0.3 is 15.0 Å². The molecule has 37 heavy (non-hydrogen) atoms. The first-order valence-electron chi connectivity index (χ1n) is 13.9. The maximum absolute atomic E-state index is 13.6. The lowest BCUT2D eigenvalue weighted by atomic mass is 9.47. The number of hydrogen-bond donors (Lipinski definition) is 1. The Labute approximate surface area is 220 Å². The maximum Gasteiger partial charge on any atom is 0.246 e. The molecule has 3 saturated carbocycles. The van der Waals surface area contributed by atoms with Crippen molar-refractivity contribution < 1.29 is 14.3 Å². The molecule has 6 rings (SSSR count). The van der Waals surface area contributed by atoms with E-state index in [9.17, 15) is 9.59 Å². The number of rotatable bonds is 4. The Kier molecular flexibility index (Phi) is 5.93. The van der Waals surface area contributed by atoms with Crippen LogP contribution in [0.1, 0.15) is 52.4 Å². The topological polar surface area (TPSA) is 58.6 Å². The molecule has 0 unspecified atom stereocenters. The number of anilines is 1. The van der Waals surface area contributed by atoms with E-state index in [-0.39, 0.29) is 28.6 Å². The van der Waals surface area contributed by atoms with Gasteiger partial charge in [0.15, 0.2) is 0 Å². The summed E-state index contributed by atoms with van der Waals surface area (Å²) in [5.41, 5.74) is 0.890. The van der Waals surface area contributed by atoms with Gasteiger partial charge in [-0.15, -0.1) is 0 Å². The fraction of sp³-hybridized carbons (Fsp3) is 0.500. The number of likely N-dealkylation sites (N-methyl/N-ethyl adjacent to an activating group) is 1. The molecule has 2 aromatic carbocycles. The van der Waals surface area contributed by atoms with Crippen molar-refractivity contribution >= 4 is 17.5 Å². The van der Waals surface area contributed by atoms with Crippen LogP contribution in [0.5, 0.6) is 11.5 Å². The molecule has 7 atom stereocenters. The molecule has 2 aromatic rings. The minimum Gasteiger partial charge on any atom is -0.457 e. The van der Waals surface area contributed by atoms with Gasteiger partial charge in [0.05, 0.1) is 0 Å². The summed E-state index contributed by atoms with van der Waals surface area (Å²) in [5, 5.41) is 3.22. The summed E-state index contributed by atoms with van der Waals surface area (Å²) in [6.07, 6.45) is 10.5. The second-order valence-corrected chi connectivity index (χ2v) is 12.2. The first-order valence-corrected chi connectivity index (χ1v) is 13.9. The smallest absolute Gasteiger partial charge is 0.246 e. The average molecular weight is 499 g/mol. The molecular weight excluding hydrogens is 460 g/mol. The van der Waals surface area contributed by atoms with E-state index >= 15 is 0 Å². The van der Waals surface area contributed by atoms with Crippen LogP contribution in [0.25, 0.3) is 0 Å². The zero-order valence-electron chi connectivity index (χ0n) is 22.2. The third-order valence-electron chi connectivity index (χ3n) is 10.5. The van der Waals surface area contributed by atoms with Crippen molar-refractivity contribution in [2.45, 2.75) is 58.4 Å². The number of fused-ring (bicyclic) bond motifs is 5. The number of benzene rings is 2. The number of nitrogens with zero attached hydrogens (tertiary/aromatic N) is 1. The summed E-state index contributed by atoms with van der Waals surface area (Å²) in [4.78, 5) is 27.9. The number of nitrogens with one attached hydrogen (secondary N) is 1. The molecule has 5 heteroatoms. The highest BCUT2D eigenvalue weighted by Crippen LogP contribution is 2.65. The quantitative estimate of drug-likeness (QED) is 0.512. The van der Waals surface area contributed by atoms with E-state index in [2.05, 4.69) is 25.2 Å². The van der Waals surface area contributed by atoms with Gasteiger partial charge in [0.1, 0.15) is 11.5 Å². The van der Waals surface area contributed by atoms with E-state index in [4.69, 9.17) is 4.74 Å². The van der Waals surface area contributed by atoms with E-state index < -0.39 is 0 Å². The molecule has 5 nitrogen and oxygen atoms in total. The predicted molar refractivity (Wildman–Crippen MR) is 145 cm³/mol. The van der Waals surface area contributed by atoms with Gasteiger partial charge in [-0.25, -0.2) is 0 Å². The van der Waals surface area contributed by atoms with Gasteiger partial charge >= 0.3 is 0 Å². The number of para-hydroxylation sites is 1. The molecule has 0 saturated heterocycles. The van der Waals surface area contributed by atoms with E-state index in [0.717, 1.165) is 55.7 Å². The number of carbonyl (C=O) groups is 2. The summed E-state index contributed by atoms with van der Waals surface area (Å²) in [6, 6.07) is 17.7. The zero-order chi connectivity index (χ0) is 25.8. The molecule has 3 aliphatic carbocycles. The monoisotopic (exact) mass is 498 g/mol. The third kappa shape index (κ3) is 3.98. The van der Waals surface area contributed by atoms with Gasteiger partial charge in [-0.05, 0) is 104 Å². The normalized spacial score (nSPS) is 36.4. The summed E-state index contributed by atoms with van der Waals surface area (Å²) in [5.74, 6) is 3.65. The Balaban J connectivity index is 1.15. The van der Waals surface area contributed by atoms with E-state index in [1.807, 2.05) is 66.5 Å². The van der Waals surface area contributed by atoms with Gasteiger partial charge in [0.2, 0.25) is 11.8 Å². The van der Waals surface area contributed by atoms with Crippen LogP contribution in [-0.4, -0.2) is 29.8 Å². The Morgan fingerprint density at radius 2 is 1.65 bits per heavy atom. The lowest BCUT2D eigenvalue weighted by molar-refractivity contribution is -0.141. The lowest BCUT2D eigenvalue weighted by Crippen LogP contribution is -2.59. The predicted octanol–water partition coefficient (Wildman–Crippen LogP) is 6.67. The van der Waals surface area contributed by atoms with Crippen LogP contribution in [0.2, 0.25) is 0 Å². The second kappa shape index (κ2) is 9.04. The van der Waals surface area contributed by atoms with Gasteiger partial charge in [-0.2, -0.15) is 0 Å². The highest BCUT2D eigenvalue weighted by molar-refractivity contribution is 5.93. The molecule has 4 aliphatic rings. The molecule has 0 radical (unpaired) electrons. The van der Waals surface area contributed by atoms with Crippen LogP contribution in [-0.2, 0) is 9.59 Å². The van der Waals surface area contributed by atoms with Crippen molar-refractivity contribution in [2.24, 2.45) is 34.5 Å². The molecule has 1 N–H and O–H groups in total. The number of ether oxygens (including phenoxy) is 1. The summed E-state index contributed by atoms with van der Waals surface area (Å²) in [6.45, 7) is 4.75. The van der Waals surface area contributed by atoms with Gasteiger partial charge in [0, 0.05) is 30.1 Å². The minimum absolute atomic E-state index is 0.0326. The summed E-state index contributed by atoms with van der Waals surface area (Å²) >= 11 is 0. The maximum atomic E-state index is 13.6. The molecule has 0 spiro atoms. The third-order valence-corrected chi connectivity index (χ3v) is 10.5. The Morgan fingerprint density at radius 1 is 0.919 bits per heavy atom. The van der Waals surface area contributed by atoms with Crippen LogP contribution < -0.4 is 10.1 Å². The Bertz CT molecular complexity index is 1210. The molecule has 0 aromatic heterocycles. The average Bonchev–Trinajstić information content (AvgIpc) is 3.26. The first kappa shape index (κ1) is 24.3. The van der Waals surface area contributed by atoms with Crippen LogP contribution in [0, 0.1) is 34.5 Å². The van der Waals surface area contributed by atoms with Crippen molar-refractivity contribution in [3.8, 4) is 11.5 Å². The number of carbonyl (C=O) groups excluding carboxylic acids is 2. The summed E-state index contributed by atoms with van der Waals surface area (Å²) in [7, 11) is 1.97. The van der Waals surface area contributed by atoms with Crippen LogP contribution in [0.15, 0.2) is 66.7 Å². The van der Waals surface area contributed by atoms with Crippen LogP contribution in [0.3, 0.4) is 0 Å². The molecule has 2 amide bonds. The second-order valence-electron chi connectivity index (χ2n) is 12.2. The Morgan fingerprint density at radius 3 is 2.41 bits per heavy atom. The SMILES string of the molecule is CN1C(=O)C=C[C@]2(C)[C@H]3CC[C@]4(C)[C@@H](C(=O)Nc5ccc(Oc6ccccc6)cc5)CC[C@H]4[C@@H]3CC[C@@H]12. The van der Waals surface area contributed by atoms with Gasteiger partial charge in [0.25, 0.3) is 0 Å². The van der Waals surface area contributed by atoms with E-state index in [1.54, 1.807) is 6.08 Å². The van der Waals surface area contributed by atoms with Gasteiger partial charge in [-0.1, -0.05) is 38.1 Å². The van der Waals surface area contributed by atoms with Crippen molar-refractivity contribution in [3.05, 3.63) is 66.7 Å². The first-order chi connectivity index (χ1) is 17.8. The van der Waals surface area contributed by atoms with Crippen molar-refractivity contribution in [1.82, 2.24) is 4.90 Å². The van der Waals surface area contributed by atoms with Crippen molar-refractivity contribution in [3.63, 3.8) is 0 Å². The largest absolute Gasteiger partial charge is 0.457 e. The molecule has 0 bridgehead atoms. The molecule has 1 heterocycles. The number of amides is 2.